The quantitative estimate of drug-likeness (QED) is 0.590. The van der Waals surface area contributed by atoms with Crippen molar-refractivity contribution in [3.8, 4) is 5.75 Å². The highest BCUT2D eigenvalue weighted by Gasteiger charge is 2.06. The molecule has 0 N–H and O–H groups in total. The molecule has 17 heavy (non-hydrogen) atoms. The summed E-state index contributed by atoms with van der Waals surface area (Å²) in [6.07, 6.45) is 1.91. The van der Waals surface area contributed by atoms with E-state index in [0.717, 1.165) is 20.9 Å². The lowest BCUT2D eigenvalue weighted by Crippen LogP contribution is -2.03. The Balaban J connectivity index is 2.54. The van der Waals surface area contributed by atoms with Crippen LogP contribution in [0.1, 0.15) is 6.42 Å². The Hall–Kier alpha value is -0.200. The molecular formula is C11H15BrO3S2. The van der Waals surface area contributed by atoms with Crippen molar-refractivity contribution in [3.63, 3.8) is 0 Å². The number of rotatable bonds is 6. The molecule has 0 bridgehead atoms. The summed E-state index contributed by atoms with van der Waals surface area (Å²) in [6.45, 7) is 0. The lowest BCUT2D eigenvalue weighted by Gasteiger charge is -2.08. The first-order chi connectivity index (χ1) is 7.92. The fourth-order valence-corrected chi connectivity index (χ4v) is 3.64. The standard InChI is InChI=1S/C11H15BrO3S2/c1-15-10-5-4-9(12)8-11(10)16-6-3-7-17(2,13)14/h4-5,8H,3,6-7H2,1-2H3. The summed E-state index contributed by atoms with van der Waals surface area (Å²) in [7, 11) is -1.23. The van der Waals surface area contributed by atoms with Crippen molar-refractivity contribution in [1.29, 1.82) is 0 Å². The van der Waals surface area contributed by atoms with Crippen molar-refractivity contribution in [3.05, 3.63) is 22.7 Å². The Morgan fingerprint density at radius 2 is 2.12 bits per heavy atom. The molecule has 0 heterocycles. The smallest absolute Gasteiger partial charge is 0.147 e. The molecule has 0 fully saturated rings. The van der Waals surface area contributed by atoms with Gasteiger partial charge in [0.05, 0.1) is 17.8 Å². The first-order valence-electron chi connectivity index (χ1n) is 5.06. The van der Waals surface area contributed by atoms with Crippen LogP contribution in [-0.2, 0) is 9.84 Å². The van der Waals surface area contributed by atoms with E-state index in [1.165, 1.54) is 6.26 Å². The average Bonchev–Trinajstić information content (AvgIpc) is 2.23. The first kappa shape index (κ1) is 14.9. The summed E-state index contributed by atoms with van der Waals surface area (Å²) in [5, 5.41) is 0. The maximum Gasteiger partial charge on any atom is 0.147 e. The maximum absolute atomic E-state index is 11.0. The molecule has 1 aromatic rings. The van der Waals surface area contributed by atoms with Gasteiger partial charge in [-0.15, -0.1) is 11.8 Å². The Morgan fingerprint density at radius 3 is 2.71 bits per heavy atom. The van der Waals surface area contributed by atoms with Gasteiger partial charge in [0.15, 0.2) is 0 Å². The molecule has 6 heteroatoms. The monoisotopic (exact) mass is 338 g/mol. The van der Waals surface area contributed by atoms with Gasteiger partial charge in [-0.25, -0.2) is 8.42 Å². The number of ether oxygens (including phenoxy) is 1. The van der Waals surface area contributed by atoms with Crippen LogP contribution in [0.15, 0.2) is 27.6 Å². The van der Waals surface area contributed by atoms with Crippen LogP contribution in [0.25, 0.3) is 0 Å². The van der Waals surface area contributed by atoms with E-state index >= 15 is 0 Å². The fourth-order valence-electron chi connectivity index (χ4n) is 1.27. The van der Waals surface area contributed by atoms with Gasteiger partial charge in [0.1, 0.15) is 15.6 Å². The van der Waals surface area contributed by atoms with E-state index in [1.54, 1.807) is 18.9 Å². The fraction of sp³-hybridized carbons (Fsp3) is 0.455. The summed E-state index contributed by atoms with van der Waals surface area (Å²) in [5.74, 6) is 1.81. The zero-order chi connectivity index (χ0) is 12.9. The Bertz CT molecular complexity index is 472. The molecule has 0 unspecified atom stereocenters. The number of hydrogen-bond acceptors (Lipinski definition) is 4. The minimum Gasteiger partial charge on any atom is -0.496 e. The van der Waals surface area contributed by atoms with Crippen molar-refractivity contribution in [2.24, 2.45) is 0 Å². The zero-order valence-electron chi connectivity index (χ0n) is 9.77. The van der Waals surface area contributed by atoms with Gasteiger partial charge in [-0.1, -0.05) is 15.9 Å². The minimum atomic E-state index is -2.86. The molecule has 96 valence electrons. The second-order valence-electron chi connectivity index (χ2n) is 3.63. The molecule has 0 amide bonds. The van der Waals surface area contributed by atoms with Crippen LogP contribution in [0, 0.1) is 0 Å². The third-order valence-corrected chi connectivity index (χ3v) is 4.69. The van der Waals surface area contributed by atoms with E-state index in [9.17, 15) is 8.42 Å². The van der Waals surface area contributed by atoms with Crippen LogP contribution in [0.4, 0.5) is 0 Å². The molecule has 0 saturated carbocycles. The van der Waals surface area contributed by atoms with Crippen molar-refractivity contribution in [1.82, 2.24) is 0 Å². The molecular weight excluding hydrogens is 324 g/mol. The topological polar surface area (TPSA) is 43.4 Å². The predicted octanol–water partition coefficient (Wildman–Crippen LogP) is 2.98. The summed E-state index contributed by atoms with van der Waals surface area (Å²) >= 11 is 5.01. The molecule has 0 radical (unpaired) electrons. The third-order valence-electron chi connectivity index (χ3n) is 2.04. The van der Waals surface area contributed by atoms with E-state index in [0.29, 0.717) is 6.42 Å². The zero-order valence-corrected chi connectivity index (χ0v) is 13.0. The van der Waals surface area contributed by atoms with E-state index in [-0.39, 0.29) is 5.75 Å². The first-order valence-corrected chi connectivity index (χ1v) is 8.90. The van der Waals surface area contributed by atoms with Crippen molar-refractivity contribution >= 4 is 37.5 Å². The van der Waals surface area contributed by atoms with E-state index in [2.05, 4.69) is 15.9 Å². The molecule has 0 atom stereocenters. The molecule has 0 spiro atoms. The summed E-state index contributed by atoms with van der Waals surface area (Å²) < 4.78 is 28.2. The van der Waals surface area contributed by atoms with E-state index < -0.39 is 9.84 Å². The molecule has 0 aliphatic heterocycles. The van der Waals surface area contributed by atoms with Gasteiger partial charge >= 0.3 is 0 Å². The van der Waals surface area contributed by atoms with Crippen LogP contribution in [0.3, 0.4) is 0 Å². The second kappa shape index (κ2) is 6.66. The lowest BCUT2D eigenvalue weighted by atomic mass is 10.3. The Labute approximate surface area is 115 Å². The minimum absolute atomic E-state index is 0.232. The third kappa shape index (κ3) is 5.79. The highest BCUT2D eigenvalue weighted by molar-refractivity contribution is 9.10. The number of thioether (sulfide) groups is 1. The number of hydrogen-bond donors (Lipinski definition) is 0. The second-order valence-corrected chi connectivity index (χ2v) is 7.94. The Morgan fingerprint density at radius 1 is 1.41 bits per heavy atom. The van der Waals surface area contributed by atoms with Crippen molar-refractivity contribution < 1.29 is 13.2 Å². The molecule has 0 saturated heterocycles. The Kier molecular flexibility index (Phi) is 5.82. The maximum atomic E-state index is 11.0. The van der Waals surface area contributed by atoms with E-state index in [4.69, 9.17) is 4.74 Å². The predicted molar refractivity (Wildman–Crippen MR) is 75.7 cm³/mol. The van der Waals surface area contributed by atoms with Crippen molar-refractivity contribution in [2.75, 3.05) is 24.9 Å². The SMILES string of the molecule is COc1ccc(Br)cc1SCCCS(C)(=O)=O. The highest BCUT2D eigenvalue weighted by atomic mass is 79.9. The van der Waals surface area contributed by atoms with Crippen LogP contribution in [-0.4, -0.2) is 33.3 Å². The van der Waals surface area contributed by atoms with Gasteiger partial charge in [-0.2, -0.15) is 0 Å². The number of halogens is 1. The largest absolute Gasteiger partial charge is 0.496 e. The summed E-state index contributed by atoms with van der Waals surface area (Å²) in [5.41, 5.74) is 0. The van der Waals surface area contributed by atoms with E-state index in [1.807, 2.05) is 18.2 Å². The number of methoxy groups -OCH3 is 1. The average molecular weight is 339 g/mol. The highest BCUT2D eigenvalue weighted by Crippen LogP contribution is 2.32. The van der Waals surface area contributed by atoms with Crippen LogP contribution < -0.4 is 4.74 Å². The van der Waals surface area contributed by atoms with Gasteiger partial charge in [0.2, 0.25) is 0 Å². The van der Waals surface area contributed by atoms with Gasteiger partial charge in [0.25, 0.3) is 0 Å². The van der Waals surface area contributed by atoms with Gasteiger partial charge < -0.3 is 4.74 Å². The lowest BCUT2D eigenvalue weighted by molar-refractivity contribution is 0.404. The van der Waals surface area contributed by atoms with Crippen molar-refractivity contribution in [2.45, 2.75) is 11.3 Å². The van der Waals surface area contributed by atoms with Gasteiger partial charge in [-0.05, 0) is 30.4 Å². The number of benzene rings is 1. The molecule has 1 rings (SSSR count). The molecule has 3 nitrogen and oxygen atoms in total. The normalized spacial score (nSPS) is 11.5. The van der Waals surface area contributed by atoms with Gasteiger partial charge in [-0.3, -0.25) is 0 Å². The summed E-state index contributed by atoms with van der Waals surface area (Å²) in [6, 6.07) is 5.78. The molecule has 0 aliphatic rings. The van der Waals surface area contributed by atoms with Crippen LogP contribution in [0.2, 0.25) is 0 Å². The molecule has 0 aliphatic carbocycles. The molecule has 0 aromatic heterocycles. The van der Waals surface area contributed by atoms with Crippen LogP contribution in [0.5, 0.6) is 5.75 Å². The van der Waals surface area contributed by atoms with Gasteiger partial charge in [0, 0.05) is 10.7 Å². The molecule has 1 aromatic carbocycles. The number of sulfone groups is 1. The summed E-state index contributed by atoms with van der Waals surface area (Å²) in [4.78, 5) is 1.02. The van der Waals surface area contributed by atoms with Crippen LogP contribution >= 0.6 is 27.7 Å².